The van der Waals surface area contributed by atoms with Crippen LogP contribution in [0.1, 0.15) is 18.4 Å². The molecule has 3 aliphatic rings. The number of hydrogen-bond donors (Lipinski definition) is 1. The summed E-state index contributed by atoms with van der Waals surface area (Å²) in [6, 6.07) is 5.66. The van der Waals surface area contributed by atoms with E-state index in [9.17, 15) is 9.90 Å². The molecule has 160 valence electrons. The molecule has 7 heteroatoms. The van der Waals surface area contributed by atoms with E-state index >= 15 is 0 Å². The van der Waals surface area contributed by atoms with Crippen molar-refractivity contribution in [1.82, 2.24) is 14.7 Å². The third kappa shape index (κ3) is 4.71. The Morgan fingerprint density at radius 2 is 1.86 bits per heavy atom. The fourth-order valence-corrected chi connectivity index (χ4v) is 5.39. The number of amides is 1. The van der Waals surface area contributed by atoms with E-state index in [0.717, 1.165) is 57.7 Å². The molecular formula is C22H32ClN3O3. The second-order valence-corrected chi connectivity index (χ2v) is 9.40. The SMILES string of the molecule is Cc1cc(Cl)ccc1OCC(=O)N1C[C@H]2C[C@@H](N3CCN(C)CC3)[C@H](O)C[C@H]2C1. The van der Waals surface area contributed by atoms with Gasteiger partial charge >= 0.3 is 0 Å². The lowest BCUT2D eigenvalue weighted by Crippen LogP contribution is -2.55. The molecule has 2 saturated heterocycles. The number of benzene rings is 1. The van der Waals surface area contributed by atoms with E-state index < -0.39 is 0 Å². The van der Waals surface area contributed by atoms with Gasteiger partial charge in [0.1, 0.15) is 5.75 Å². The topological polar surface area (TPSA) is 56.2 Å². The molecule has 1 aromatic carbocycles. The van der Waals surface area contributed by atoms with Crippen LogP contribution < -0.4 is 4.74 Å². The molecule has 0 aromatic heterocycles. The zero-order chi connectivity index (χ0) is 20.5. The molecule has 1 N–H and O–H groups in total. The van der Waals surface area contributed by atoms with Crippen LogP contribution in [-0.4, -0.2) is 90.8 Å². The summed E-state index contributed by atoms with van der Waals surface area (Å²) in [6.07, 6.45) is 1.49. The van der Waals surface area contributed by atoms with Crippen LogP contribution in [-0.2, 0) is 4.79 Å². The molecule has 1 aromatic rings. The van der Waals surface area contributed by atoms with Crippen molar-refractivity contribution in [1.29, 1.82) is 0 Å². The Bertz CT molecular complexity index is 738. The zero-order valence-corrected chi connectivity index (χ0v) is 18.1. The minimum atomic E-state index is -0.289. The molecule has 2 aliphatic heterocycles. The number of likely N-dealkylation sites (tertiary alicyclic amines) is 1. The number of rotatable bonds is 4. The fraction of sp³-hybridized carbons (Fsp3) is 0.682. The molecule has 29 heavy (non-hydrogen) atoms. The third-order valence-electron chi connectivity index (χ3n) is 6.96. The van der Waals surface area contributed by atoms with Crippen molar-refractivity contribution in [3.8, 4) is 5.75 Å². The Hall–Kier alpha value is -1.34. The molecule has 0 spiro atoms. The highest BCUT2D eigenvalue weighted by atomic mass is 35.5. The normalized spacial score (nSPS) is 31.0. The smallest absolute Gasteiger partial charge is 0.260 e. The maximum Gasteiger partial charge on any atom is 0.260 e. The number of aliphatic hydroxyl groups excluding tert-OH is 1. The first-order valence-electron chi connectivity index (χ1n) is 10.7. The Morgan fingerprint density at radius 3 is 2.55 bits per heavy atom. The van der Waals surface area contributed by atoms with Crippen LogP contribution in [0.25, 0.3) is 0 Å². The molecule has 1 amide bonds. The number of aliphatic hydroxyl groups is 1. The predicted molar refractivity (Wildman–Crippen MR) is 113 cm³/mol. The van der Waals surface area contributed by atoms with Gasteiger partial charge in [-0.3, -0.25) is 9.69 Å². The zero-order valence-electron chi connectivity index (χ0n) is 17.4. The van der Waals surface area contributed by atoms with Crippen LogP contribution in [0.4, 0.5) is 0 Å². The molecule has 0 radical (unpaired) electrons. The summed E-state index contributed by atoms with van der Waals surface area (Å²) in [7, 11) is 2.15. The number of ether oxygens (including phenoxy) is 1. The molecule has 3 fully saturated rings. The van der Waals surface area contributed by atoms with E-state index in [1.165, 1.54) is 0 Å². The van der Waals surface area contributed by atoms with Crippen LogP contribution in [0.5, 0.6) is 5.75 Å². The van der Waals surface area contributed by atoms with Crippen LogP contribution >= 0.6 is 11.6 Å². The van der Waals surface area contributed by atoms with Gasteiger partial charge in [-0.1, -0.05) is 11.6 Å². The first-order valence-corrected chi connectivity index (χ1v) is 11.1. The van der Waals surface area contributed by atoms with Crippen molar-refractivity contribution in [2.24, 2.45) is 11.8 Å². The summed E-state index contributed by atoms with van der Waals surface area (Å²) in [4.78, 5) is 19.5. The molecule has 1 aliphatic carbocycles. The Kier molecular flexibility index (Phi) is 6.35. The van der Waals surface area contributed by atoms with Crippen LogP contribution in [0, 0.1) is 18.8 Å². The molecular weight excluding hydrogens is 390 g/mol. The number of carbonyl (C=O) groups excluding carboxylic acids is 1. The Labute approximate surface area is 178 Å². The highest BCUT2D eigenvalue weighted by Crippen LogP contribution is 2.38. The number of aryl methyl sites for hydroxylation is 1. The minimum absolute atomic E-state index is 0.0272. The van der Waals surface area contributed by atoms with Crippen molar-refractivity contribution in [2.75, 3.05) is 52.9 Å². The third-order valence-corrected chi connectivity index (χ3v) is 7.19. The second kappa shape index (κ2) is 8.80. The van der Waals surface area contributed by atoms with Gasteiger partial charge in [0.15, 0.2) is 6.61 Å². The average Bonchev–Trinajstić information content (AvgIpc) is 3.10. The Morgan fingerprint density at radius 1 is 1.17 bits per heavy atom. The highest BCUT2D eigenvalue weighted by molar-refractivity contribution is 6.30. The summed E-state index contributed by atoms with van der Waals surface area (Å²) >= 11 is 5.98. The number of fused-ring (bicyclic) bond motifs is 1. The van der Waals surface area contributed by atoms with Gasteiger partial charge in [-0.05, 0) is 62.4 Å². The standard InChI is InChI=1S/C22H32ClN3O3/c1-15-9-18(23)3-4-21(15)29-14-22(28)26-12-16-10-19(20(27)11-17(16)13-26)25-7-5-24(2)6-8-25/h3-4,9,16-17,19-20,27H,5-8,10-14H2,1-2H3/t16-,17+,19-,20-/m1/s1. The summed E-state index contributed by atoms with van der Waals surface area (Å²) in [5.74, 6) is 1.60. The van der Waals surface area contributed by atoms with E-state index in [2.05, 4.69) is 16.8 Å². The van der Waals surface area contributed by atoms with Crippen molar-refractivity contribution >= 4 is 17.5 Å². The summed E-state index contributed by atoms with van der Waals surface area (Å²) in [6.45, 7) is 7.65. The monoisotopic (exact) mass is 421 g/mol. The largest absolute Gasteiger partial charge is 0.483 e. The number of hydrogen-bond acceptors (Lipinski definition) is 5. The van der Waals surface area contributed by atoms with E-state index in [0.29, 0.717) is 22.6 Å². The van der Waals surface area contributed by atoms with Gasteiger partial charge in [0.25, 0.3) is 5.91 Å². The lowest BCUT2D eigenvalue weighted by Gasteiger charge is -2.44. The lowest BCUT2D eigenvalue weighted by atomic mass is 9.77. The molecule has 4 atom stereocenters. The molecule has 6 nitrogen and oxygen atoms in total. The highest BCUT2D eigenvalue weighted by Gasteiger charge is 2.44. The van der Waals surface area contributed by atoms with Crippen molar-refractivity contribution in [2.45, 2.75) is 31.9 Å². The number of likely N-dealkylation sites (N-methyl/N-ethyl adjacent to an activating group) is 1. The Balaban J connectivity index is 1.31. The predicted octanol–water partition coefficient (Wildman–Crippen LogP) is 1.87. The van der Waals surface area contributed by atoms with Crippen molar-refractivity contribution in [3.63, 3.8) is 0 Å². The number of piperazine rings is 1. The minimum Gasteiger partial charge on any atom is -0.483 e. The molecule has 0 unspecified atom stereocenters. The number of carbonyl (C=O) groups is 1. The van der Waals surface area contributed by atoms with Gasteiger partial charge < -0.3 is 19.6 Å². The number of nitrogens with zero attached hydrogens (tertiary/aromatic N) is 3. The van der Waals surface area contributed by atoms with Crippen molar-refractivity contribution in [3.05, 3.63) is 28.8 Å². The van der Waals surface area contributed by atoms with Crippen LogP contribution in [0.3, 0.4) is 0 Å². The van der Waals surface area contributed by atoms with Gasteiger partial charge in [0.2, 0.25) is 0 Å². The summed E-state index contributed by atoms with van der Waals surface area (Å²) in [5.41, 5.74) is 0.929. The quantitative estimate of drug-likeness (QED) is 0.804. The van der Waals surface area contributed by atoms with Crippen molar-refractivity contribution < 1.29 is 14.6 Å². The van der Waals surface area contributed by atoms with E-state index in [4.69, 9.17) is 16.3 Å². The van der Waals surface area contributed by atoms with Gasteiger partial charge in [-0.25, -0.2) is 0 Å². The van der Waals surface area contributed by atoms with Gasteiger partial charge in [-0.2, -0.15) is 0 Å². The summed E-state index contributed by atoms with van der Waals surface area (Å²) in [5, 5.41) is 11.4. The first-order chi connectivity index (χ1) is 13.9. The van der Waals surface area contributed by atoms with Crippen LogP contribution in [0.15, 0.2) is 18.2 Å². The number of halogens is 1. The lowest BCUT2D eigenvalue weighted by molar-refractivity contribution is -0.132. The molecule has 2 heterocycles. The maximum atomic E-state index is 12.7. The maximum absolute atomic E-state index is 12.7. The van der Waals surface area contributed by atoms with E-state index in [1.54, 1.807) is 6.07 Å². The second-order valence-electron chi connectivity index (χ2n) is 8.96. The molecule has 0 bridgehead atoms. The van der Waals surface area contributed by atoms with E-state index in [1.807, 2.05) is 24.0 Å². The van der Waals surface area contributed by atoms with Crippen LogP contribution in [0.2, 0.25) is 5.02 Å². The average molecular weight is 422 g/mol. The van der Waals surface area contributed by atoms with Gasteiger partial charge in [0, 0.05) is 50.3 Å². The first kappa shape index (κ1) is 20.9. The fourth-order valence-electron chi connectivity index (χ4n) is 5.16. The van der Waals surface area contributed by atoms with E-state index in [-0.39, 0.29) is 24.7 Å². The molecule has 1 saturated carbocycles. The summed E-state index contributed by atoms with van der Waals surface area (Å²) < 4.78 is 5.75. The van der Waals surface area contributed by atoms with Gasteiger partial charge in [0.05, 0.1) is 6.10 Å². The molecule has 4 rings (SSSR count). The van der Waals surface area contributed by atoms with Gasteiger partial charge in [-0.15, -0.1) is 0 Å².